The van der Waals surface area contributed by atoms with Gasteiger partial charge in [0.1, 0.15) is 17.3 Å². The van der Waals surface area contributed by atoms with E-state index < -0.39 is 23.1 Å². The number of carbonyl (C=O) groups is 1. The first-order valence-corrected chi connectivity index (χ1v) is 7.51. The molecule has 1 aromatic carbocycles. The highest BCUT2D eigenvalue weighted by Crippen LogP contribution is 2.54. The van der Waals surface area contributed by atoms with E-state index in [1.807, 2.05) is 0 Å². The normalized spacial score (nSPS) is 22.2. The lowest BCUT2D eigenvalue weighted by Crippen LogP contribution is -2.24. The fourth-order valence-electron chi connectivity index (χ4n) is 2.94. The summed E-state index contributed by atoms with van der Waals surface area (Å²) in [7, 11) is 0. The molecule has 0 amide bonds. The Morgan fingerprint density at radius 2 is 2.29 bits per heavy atom. The van der Waals surface area contributed by atoms with E-state index in [4.69, 9.17) is 4.74 Å². The molecular weight excluding hydrogens is 315 g/mol. The second-order valence-electron chi connectivity index (χ2n) is 5.94. The van der Waals surface area contributed by atoms with Gasteiger partial charge in [0.25, 0.3) is 0 Å². The molecule has 0 aliphatic heterocycles. The molecule has 2 aromatic rings. The van der Waals surface area contributed by atoms with Gasteiger partial charge in [-0.25, -0.2) is 14.4 Å². The van der Waals surface area contributed by atoms with Crippen LogP contribution in [0.15, 0.2) is 30.5 Å². The quantitative estimate of drug-likeness (QED) is 0.838. The molecule has 1 aliphatic carbocycles. The summed E-state index contributed by atoms with van der Waals surface area (Å²) in [5.41, 5.74) is 0.142. The summed E-state index contributed by atoms with van der Waals surface area (Å²) in [6.07, 6.45) is 1.82. The van der Waals surface area contributed by atoms with Crippen LogP contribution in [0.25, 0.3) is 0 Å². The monoisotopic (exact) mass is 332 g/mol. The molecule has 1 saturated carbocycles. The third-order valence-corrected chi connectivity index (χ3v) is 4.36. The van der Waals surface area contributed by atoms with Gasteiger partial charge < -0.3 is 14.9 Å². The van der Waals surface area contributed by atoms with Crippen molar-refractivity contribution in [1.29, 1.82) is 0 Å². The molecule has 1 heterocycles. The van der Waals surface area contributed by atoms with E-state index in [1.165, 1.54) is 18.3 Å². The summed E-state index contributed by atoms with van der Waals surface area (Å²) in [5, 5.41) is 18.7. The standard InChI is InChI=1S/C17H17FN2O4/c1-10-19-7-15(14(8-21)20-10)24-9-17(6-13(17)16(22)23)11-3-2-4-12(18)5-11/h2-5,7,13,21H,6,8-9H2,1H3,(H,22,23)/t13-,17+/m0/s1. The topological polar surface area (TPSA) is 92.5 Å². The smallest absolute Gasteiger partial charge is 0.307 e. The third kappa shape index (κ3) is 2.94. The van der Waals surface area contributed by atoms with Gasteiger partial charge in [-0.2, -0.15) is 0 Å². The molecule has 7 heteroatoms. The Hall–Kier alpha value is -2.54. The lowest BCUT2D eigenvalue weighted by Gasteiger charge is -2.19. The zero-order valence-electron chi connectivity index (χ0n) is 13.1. The highest BCUT2D eigenvalue weighted by atomic mass is 19.1. The van der Waals surface area contributed by atoms with Crippen molar-refractivity contribution in [3.05, 3.63) is 53.4 Å². The van der Waals surface area contributed by atoms with Gasteiger partial charge in [-0.3, -0.25) is 4.79 Å². The second-order valence-corrected chi connectivity index (χ2v) is 5.94. The maximum Gasteiger partial charge on any atom is 0.307 e. The summed E-state index contributed by atoms with van der Waals surface area (Å²) in [4.78, 5) is 19.5. The summed E-state index contributed by atoms with van der Waals surface area (Å²) in [6, 6.07) is 5.91. The number of carboxylic acids is 1. The van der Waals surface area contributed by atoms with Crippen molar-refractivity contribution in [3.63, 3.8) is 0 Å². The van der Waals surface area contributed by atoms with Crippen LogP contribution in [0.4, 0.5) is 4.39 Å². The number of aryl methyl sites for hydroxylation is 1. The van der Waals surface area contributed by atoms with Gasteiger partial charge in [-0.05, 0) is 31.0 Å². The Morgan fingerprint density at radius 1 is 1.50 bits per heavy atom. The summed E-state index contributed by atoms with van der Waals surface area (Å²) in [5.74, 6) is -1.19. The highest BCUT2D eigenvalue weighted by Gasteiger charge is 2.60. The number of aliphatic carboxylic acids is 1. The third-order valence-electron chi connectivity index (χ3n) is 4.36. The summed E-state index contributed by atoms with van der Waals surface area (Å²) < 4.78 is 19.3. The minimum absolute atomic E-state index is 0.0485. The van der Waals surface area contributed by atoms with Crippen LogP contribution in [-0.2, 0) is 16.8 Å². The molecule has 0 spiro atoms. The number of ether oxygens (including phenoxy) is 1. The average Bonchev–Trinajstić information content (AvgIpc) is 3.30. The molecule has 0 radical (unpaired) electrons. The maximum atomic E-state index is 13.5. The predicted molar refractivity (Wildman–Crippen MR) is 82.0 cm³/mol. The van der Waals surface area contributed by atoms with Crippen LogP contribution in [0.2, 0.25) is 0 Å². The minimum Gasteiger partial charge on any atom is -0.489 e. The van der Waals surface area contributed by atoms with Crippen LogP contribution in [0.3, 0.4) is 0 Å². The van der Waals surface area contributed by atoms with Gasteiger partial charge in [-0.1, -0.05) is 12.1 Å². The van der Waals surface area contributed by atoms with Crippen molar-refractivity contribution in [2.24, 2.45) is 5.92 Å². The Balaban J connectivity index is 1.86. The van der Waals surface area contributed by atoms with Crippen molar-refractivity contribution in [2.45, 2.75) is 25.4 Å². The SMILES string of the molecule is Cc1ncc(OC[C@@]2(c3cccc(F)c3)C[C@H]2C(=O)O)c(CO)n1. The van der Waals surface area contributed by atoms with Crippen molar-refractivity contribution < 1.29 is 24.1 Å². The van der Waals surface area contributed by atoms with E-state index in [1.54, 1.807) is 19.1 Å². The number of aliphatic hydroxyl groups is 1. The molecule has 1 aliphatic rings. The van der Waals surface area contributed by atoms with Crippen LogP contribution < -0.4 is 4.74 Å². The van der Waals surface area contributed by atoms with E-state index in [9.17, 15) is 19.4 Å². The fourth-order valence-corrected chi connectivity index (χ4v) is 2.94. The van der Waals surface area contributed by atoms with Crippen molar-refractivity contribution in [1.82, 2.24) is 9.97 Å². The van der Waals surface area contributed by atoms with E-state index in [-0.39, 0.29) is 13.2 Å². The minimum atomic E-state index is -0.939. The number of aliphatic hydroxyl groups excluding tert-OH is 1. The number of halogens is 1. The second kappa shape index (κ2) is 6.16. The van der Waals surface area contributed by atoms with Crippen molar-refractivity contribution in [3.8, 4) is 5.75 Å². The molecule has 6 nitrogen and oxygen atoms in total. The molecular formula is C17H17FN2O4. The van der Waals surface area contributed by atoms with E-state index in [0.29, 0.717) is 29.3 Å². The molecule has 0 bridgehead atoms. The summed E-state index contributed by atoms with van der Waals surface area (Å²) in [6.45, 7) is 1.43. The Bertz CT molecular complexity index is 783. The number of aromatic nitrogens is 2. The molecule has 126 valence electrons. The fraction of sp³-hybridized carbons (Fsp3) is 0.353. The van der Waals surface area contributed by atoms with E-state index in [2.05, 4.69) is 9.97 Å². The molecule has 24 heavy (non-hydrogen) atoms. The zero-order chi connectivity index (χ0) is 17.3. The van der Waals surface area contributed by atoms with Crippen LogP contribution >= 0.6 is 0 Å². The highest BCUT2D eigenvalue weighted by molar-refractivity contribution is 5.77. The molecule has 1 aromatic heterocycles. The first-order chi connectivity index (χ1) is 11.5. The number of hydrogen-bond donors (Lipinski definition) is 2. The lowest BCUT2D eigenvalue weighted by molar-refractivity contribution is -0.139. The van der Waals surface area contributed by atoms with E-state index >= 15 is 0 Å². The molecule has 2 N–H and O–H groups in total. The zero-order valence-corrected chi connectivity index (χ0v) is 13.1. The molecule has 0 unspecified atom stereocenters. The first kappa shape index (κ1) is 16.3. The maximum absolute atomic E-state index is 13.5. The van der Waals surface area contributed by atoms with Gasteiger partial charge in [0, 0.05) is 5.41 Å². The Kier molecular flexibility index (Phi) is 4.19. The van der Waals surface area contributed by atoms with Crippen LogP contribution in [0.5, 0.6) is 5.75 Å². The van der Waals surface area contributed by atoms with Crippen molar-refractivity contribution in [2.75, 3.05) is 6.61 Å². The van der Waals surface area contributed by atoms with Crippen molar-refractivity contribution >= 4 is 5.97 Å². The Morgan fingerprint density at radius 3 is 2.92 bits per heavy atom. The van der Waals surface area contributed by atoms with Gasteiger partial charge >= 0.3 is 5.97 Å². The lowest BCUT2D eigenvalue weighted by atomic mass is 9.94. The molecule has 1 fully saturated rings. The first-order valence-electron chi connectivity index (χ1n) is 7.51. The van der Waals surface area contributed by atoms with Crippen LogP contribution in [-0.4, -0.2) is 32.8 Å². The van der Waals surface area contributed by atoms with Crippen LogP contribution in [0.1, 0.15) is 23.5 Å². The largest absolute Gasteiger partial charge is 0.489 e. The van der Waals surface area contributed by atoms with Crippen LogP contribution in [0, 0.1) is 18.7 Å². The number of benzene rings is 1. The molecule has 3 rings (SSSR count). The Labute approximate surface area is 138 Å². The van der Waals surface area contributed by atoms with Gasteiger partial charge in [0.2, 0.25) is 0 Å². The average molecular weight is 332 g/mol. The predicted octanol–water partition coefficient (Wildman–Crippen LogP) is 1.84. The molecule has 2 atom stereocenters. The molecule has 0 saturated heterocycles. The number of hydrogen-bond acceptors (Lipinski definition) is 5. The van der Waals surface area contributed by atoms with Gasteiger partial charge in [0.05, 0.1) is 25.3 Å². The number of nitrogens with zero attached hydrogens (tertiary/aromatic N) is 2. The van der Waals surface area contributed by atoms with Gasteiger partial charge in [-0.15, -0.1) is 0 Å². The van der Waals surface area contributed by atoms with E-state index in [0.717, 1.165) is 0 Å². The number of carboxylic acid groups (broad SMARTS) is 1. The summed E-state index contributed by atoms with van der Waals surface area (Å²) >= 11 is 0. The number of rotatable bonds is 6. The van der Waals surface area contributed by atoms with Gasteiger partial charge in [0.15, 0.2) is 5.75 Å².